The maximum Gasteiger partial charge on any atom is 0.0998 e. The second-order valence-corrected chi connectivity index (χ2v) is 5.83. The fourth-order valence-electron chi connectivity index (χ4n) is 2.81. The first-order valence-electron chi connectivity index (χ1n) is 7.31. The molecule has 0 aliphatic carbocycles. The molecular weight excluding hydrogens is 256 g/mol. The molecule has 0 spiro atoms. The first kappa shape index (κ1) is 15.1. The third-order valence-electron chi connectivity index (χ3n) is 3.82. The topological polar surface area (TPSA) is 28.7 Å². The van der Waals surface area contributed by atoms with Gasteiger partial charge in [-0.05, 0) is 57.9 Å². The minimum atomic E-state index is 0.428. The molecule has 2 rings (SSSR count). The van der Waals surface area contributed by atoms with Crippen LogP contribution in [0.25, 0.3) is 11.6 Å². The summed E-state index contributed by atoms with van der Waals surface area (Å²) >= 11 is 0. The zero-order valence-corrected chi connectivity index (χ0v) is 13.4. The molecule has 2 heteroatoms. The Morgan fingerprint density at radius 1 is 1.14 bits per heavy atom. The molecule has 1 aromatic carbocycles. The predicted molar refractivity (Wildman–Crippen MR) is 89.0 cm³/mol. The van der Waals surface area contributed by atoms with Gasteiger partial charge in [-0.25, -0.2) is 0 Å². The van der Waals surface area contributed by atoms with Crippen LogP contribution in [0.15, 0.2) is 30.3 Å². The zero-order chi connectivity index (χ0) is 15.6. The Balaban J connectivity index is 2.49. The van der Waals surface area contributed by atoms with Crippen molar-refractivity contribution in [1.29, 1.82) is 5.26 Å². The number of nitrogens with zero attached hydrogens (tertiary/aromatic N) is 2. The third-order valence-corrected chi connectivity index (χ3v) is 3.82. The molecule has 0 amide bonds. The van der Waals surface area contributed by atoms with E-state index in [0.717, 1.165) is 11.1 Å². The Labute approximate surface area is 127 Å². The Bertz CT molecular complexity index is 707. The summed E-state index contributed by atoms with van der Waals surface area (Å²) < 4.78 is 2.30. The van der Waals surface area contributed by atoms with Crippen molar-refractivity contribution in [3.63, 3.8) is 0 Å². The first-order valence-corrected chi connectivity index (χ1v) is 7.31. The van der Waals surface area contributed by atoms with Gasteiger partial charge in [-0.15, -0.1) is 0 Å². The van der Waals surface area contributed by atoms with E-state index in [1.165, 1.54) is 17.0 Å². The van der Waals surface area contributed by atoms with Crippen molar-refractivity contribution in [2.45, 2.75) is 40.7 Å². The molecule has 2 nitrogen and oxygen atoms in total. The average molecular weight is 278 g/mol. The van der Waals surface area contributed by atoms with Gasteiger partial charge in [0.05, 0.1) is 11.6 Å². The molecule has 0 aliphatic heterocycles. The van der Waals surface area contributed by atoms with Crippen molar-refractivity contribution >= 4 is 11.6 Å². The van der Waals surface area contributed by atoms with Gasteiger partial charge in [0.15, 0.2) is 0 Å². The summed E-state index contributed by atoms with van der Waals surface area (Å²) in [5.41, 5.74) is 6.45. The molecule has 0 bridgehead atoms. The molecule has 108 valence electrons. The minimum Gasteiger partial charge on any atom is -0.346 e. The Hall–Kier alpha value is -2.27. The second-order valence-electron chi connectivity index (χ2n) is 5.83. The van der Waals surface area contributed by atoms with Gasteiger partial charge in [-0.1, -0.05) is 29.8 Å². The maximum atomic E-state index is 9.46. The lowest BCUT2D eigenvalue weighted by atomic mass is 10.0. The smallest absolute Gasteiger partial charge is 0.0998 e. The van der Waals surface area contributed by atoms with E-state index in [-0.39, 0.29) is 0 Å². The summed E-state index contributed by atoms with van der Waals surface area (Å²) in [6.45, 7) is 10.6. The number of aryl methyl sites for hydroxylation is 2. The summed E-state index contributed by atoms with van der Waals surface area (Å²) in [5.74, 6) is 0. The van der Waals surface area contributed by atoms with E-state index in [1.54, 1.807) is 0 Å². The fraction of sp³-hybridized carbons (Fsp3) is 0.316. The lowest BCUT2D eigenvalue weighted by Crippen LogP contribution is -2.04. The normalized spacial score (nSPS) is 11.8. The first-order chi connectivity index (χ1) is 9.93. The van der Waals surface area contributed by atoms with Crippen molar-refractivity contribution in [2.24, 2.45) is 0 Å². The van der Waals surface area contributed by atoms with Gasteiger partial charge in [-0.3, -0.25) is 0 Å². The number of benzene rings is 1. The lowest BCUT2D eigenvalue weighted by molar-refractivity contribution is 0.574. The second kappa shape index (κ2) is 6.01. The number of nitriles is 1. The SMILES string of the molecule is Cc1ccc(/C(C#N)=C\c2cc(C)n(C(C)C)c2C)cc1. The van der Waals surface area contributed by atoms with E-state index in [1.807, 2.05) is 30.3 Å². The molecule has 1 heterocycles. The highest BCUT2D eigenvalue weighted by Crippen LogP contribution is 2.25. The summed E-state index contributed by atoms with van der Waals surface area (Å²) in [7, 11) is 0. The summed E-state index contributed by atoms with van der Waals surface area (Å²) in [6.07, 6.45) is 1.99. The molecule has 21 heavy (non-hydrogen) atoms. The zero-order valence-electron chi connectivity index (χ0n) is 13.4. The van der Waals surface area contributed by atoms with E-state index in [2.05, 4.69) is 51.3 Å². The maximum absolute atomic E-state index is 9.46. The summed E-state index contributed by atoms with van der Waals surface area (Å²) in [4.78, 5) is 0. The molecule has 0 aliphatic rings. The number of aromatic nitrogens is 1. The van der Waals surface area contributed by atoms with Crippen LogP contribution in [0.4, 0.5) is 0 Å². The van der Waals surface area contributed by atoms with E-state index in [0.29, 0.717) is 11.6 Å². The van der Waals surface area contributed by atoms with Crippen molar-refractivity contribution in [3.05, 3.63) is 58.4 Å². The Kier molecular flexibility index (Phi) is 4.33. The molecule has 0 fully saturated rings. The molecular formula is C19H22N2. The van der Waals surface area contributed by atoms with Gasteiger partial charge >= 0.3 is 0 Å². The summed E-state index contributed by atoms with van der Waals surface area (Å²) in [6, 6.07) is 13.0. The van der Waals surface area contributed by atoms with Crippen LogP contribution in [0, 0.1) is 32.1 Å². The van der Waals surface area contributed by atoms with Crippen LogP contribution in [0.2, 0.25) is 0 Å². The van der Waals surface area contributed by atoms with Crippen LogP contribution in [0.3, 0.4) is 0 Å². The molecule has 0 N–H and O–H groups in total. The van der Waals surface area contributed by atoms with Gasteiger partial charge in [-0.2, -0.15) is 5.26 Å². The van der Waals surface area contributed by atoms with Crippen LogP contribution in [-0.2, 0) is 0 Å². The highest BCUT2D eigenvalue weighted by Gasteiger charge is 2.11. The molecule has 0 saturated heterocycles. The van der Waals surface area contributed by atoms with E-state index >= 15 is 0 Å². The van der Waals surface area contributed by atoms with Gasteiger partial charge in [0.2, 0.25) is 0 Å². The highest BCUT2D eigenvalue weighted by atomic mass is 15.0. The van der Waals surface area contributed by atoms with Crippen molar-refractivity contribution in [1.82, 2.24) is 4.57 Å². The van der Waals surface area contributed by atoms with Crippen LogP contribution < -0.4 is 0 Å². The van der Waals surface area contributed by atoms with Gasteiger partial charge in [0.25, 0.3) is 0 Å². The van der Waals surface area contributed by atoms with E-state index in [4.69, 9.17) is 0 Å². The van der Waals surface area contributed by atoms with Gasteiger partial charge < -0.3 is 4.57 Å². The van der Waals surface area contributed by atoms with Gasteiger partial charge in [0, 0.05) is 17.4 Å². The number of hydrogen-bond acceptors (Lipinski definition) is 1. The molecule has 2 aromatic rings. The lowest BCUT2D eigenvalue weighted by Gasteiger charge is -2.13. The molecule has 0 unspecified atom stereocenters. The quantitative estimate of drug-likeness (QED) is 0.721. The number of hydrogen-bond donors (Lipinski definition) is 0. The molecule has 0 atom stereocenters. The predicted octanol–water partition coefficient (Wildman–Crippen LogP) is 5.06. The highest BCUT2D eigenvalue weighted by molar-refractivity contribution is 5.90. The summed E-state index contributed by atoms with van der Waals surface area (Å²) in [5, 5.41) is 9.46. The van der Waals surface area contributed by atoms with Crippen molar-refractivity contribution in [3.8, 4) is 6.07 Å². The number of allylic oxidation sites excluding steroid dienone is 1. The third kappa shape index (κ3) is 3.08. The number of rotatable bonds is 3. The average Bonchev–Trinajstić information content (AvgIpc) is 2.71. The largest absolute Gasteiger partial charge is 0.346 e. The van der Waals surface area contributed by atoms with Crippen molar-refractivity contribution in [2.75, 3.05) is 0 Å². The van der Waals surface area contributed by atoms with Gasteiger partial charge in [0.1, 0.15) is 0 Å². The van der Waals surface area contributed by atoms with Crippen LogP contribution in [0.5, 0.6) is 0 Å². The Morgan fingerprint density at radius 3 is 2.24 bits per heavy atom. The van der Waals surface area contributed by atoms with Crippen molar-refractivity contribution < 1.29 is 0 Å². The monoisotopic (exact) mass is 278 g/mol. The fourth-order valence-corrected chi connectivity index (χ4v) is 2.81. The van der Waals surface area contributed by atoms with Crippen LogP contribution >= 0.6 is 0 Å². The van der Waals surface area contributed by atoms with E-state index < -0.39 is 0 Å². The van der Waals surface area contributed by atoms with E-state index in [9.17, 15) is 5.26 Å². The minimum absolute atomic E-state index is 0.428. The van der Waals surface area contributed by atoms with Crippen LogP contribution in [0.1, 0.15) is 48.0 Å². The molecule has 0 saturated carbocycles. The molecule has 1 aromatic heterocycles. The van der Waals surface area contributed by atoms with Crippen LogP contribution in [-0.4, -0.2) is 4.57 Å². The Morgan fingerprint density at radius 2 is 1.76 bits per heavy atom. The molecule has 0 radical (unpaired) electrons. The standard InChI is InChI=1S/C19H22N2/c1-13(2)21-15(4)10-18(16(21)5)11-19(12-20)17-8-6-14(3)7-9-17/h6-11,13H,1-5H3/b19-11-.